The highest BCUT2D eigenvalue weighted by Gasteiger charge is 2.01. The number of aromatic nitrogens is 1. The number of nitrogens with two attached hydrogens (primary N) is 2. The molecule has 1 heterocycles. The standard InChI is InChI=1S/C18H14N4O/c19-17-11-14(15-3-1-2-4-16(15)21-17)10-7-12-5-8-13(9-6-12)18(20)22-23/h1-6,8-9,11,23H,(H2,19,21)(H2,20,22). The van der Waals surface area contributed by atoms with Crippen molar-refractivity contribution in [2.45, 2.75) is 0 Å². The van der Waals surface area contributed by atoms with E-state index >= 15 is 0 Å². The molecular weight excluding hydrogens is 288 g/mol. The number of fused-ring (bicyclic) bond motifs is 1. The lowest BCUT2D eigenvalue weighted by molar-refractivity contribution is 0.318. The number of nitrogen functional groups attached to an aromatic ring is 1. The highest BCUT2D eigenvalue weighted by molar-refractivity contribution is 5.97. The summed E-state index contributed by atoms with van der Waals surface area (Å²) < 4.78 is 0. The third kappa shape index (κ3) is 3.06. The molecule has 1 aromatic heterocycles. The fourth-order valence-corrected chi connectivity index (χ4v) is 2.22. The SMILES string of the molecule is N/C(=N\O)c1ccc(C#Cc2cc(N)nc3ccccc23)cc1. The zero-order valence-electron chi connectivity index (χ0n) is 12.2. The maximum atomic E-state index is 8.65. The van der Waals surface area contributed by atoms with Crippen molar-refractivity contribution in [3.8, 4) is 11.8 Å². The predicted molar refractivity (Wildman–Crippen MR) is 91.1 cm³/mol. The Morgan fingerprint density at radius 1 is 1.04 bits per heavy atom. The normalized spacial score (nSPS) is 11.0. The van der Waals surface area contributed by atoms with Crippen LogP contribution in [0.5, 0.6) is 0 Å². The third-order valence-corrected chi connectivity index (χ3v) is 3.37. The van der Waals surface area contributed by atoms with Crippen molar-refractivity contribution in [1.82, 2.24) is 4.98 Å². The van der Waals surface area contributed by atoms with Crippen molar-refractivity contribution in [2.75, 3.05) is 5.73 Å². The Labute approximate surface area is 133 Å². The number of oxime groups is 1. The third-order valence-electron chi connectivity index (χ3n) is 3.37. The summed E-state index contributed by atoms with van der Waals surface area (Å²) in [5.41, 5.74) is 14.5. The molecular formula is C18H14N4O. The van der Waals surface area contributed by atoms with Crippen LogP contribution in [-0.4, -0.2) is 16.0 Å². The van der Waals surface area contributed by atoms with Crippen molar-refractivity contribution in [3.05, 3.63) is 71.3 Å². The second-order valence-corrected chi connectivity index (χ2v) is 4.92. The van der Waals surface area contributed by atoms with E-state index in [0.29, 0.717) is 11.4 Å². The maximum Gasteiger partial charge on any atom is 0.170 e. The molecule has 3 rings (SSSR count). The van der Waals surface area contributed by atoms with Gasteiger partial charge >= 0.3 is 0 Å². The Morgan fingerprint density at radius 3 is 2.52 bits per heavy atom. The fourth-order valence-electron chi connectivity index (χ4n) is 2.22. The minimum atomic E-state index is 0.0670. The van der Waals surface area contributed by atoms with Gasteiger partial charge in [-0.2, -0.15) is 0 Å². The smallest absolute Gasteiger partial charge is 0.170 e. The Morgan fingerprint density at radius 2 is 1.78 bits per heavy atom. The zero-order chi connectivity index (χ0) is 16.2. The van der Waals surface area contributed by atoms with Gasteiger partial charge in [-0.25, -0.2) is 4.98 Å². The number of hydrogen-bond acceptors (Lipinski definition) is 4. The van der Waals surface area contributed by atoms with Gasteiger partial charge in [-0.15, -0.1) is 0 Å². The highest BCUT2D eigenvalue weighted by Crippen LogP contribution is 2.18. The van der Waals surface area contributed by atoms with Gasteiger partial charge in [0, 0.05) is 22.1 Å². The van der Waals surface area contributed by atoms with Crippen LogP contribution in [0, 0.1) is 11.8 Å². The lowest BCUT2D eigenvalue weighted by atomic mass is 10.1. The molecule has 0 bridgehead atoms. The molecule has 5 N–H and O–H groups in total. The van der Waals surface area contributed by atoms with Gasteiger partial charge in [0.25, 0.3) is 0 Å². The molecule has 112 valence electrons. The number of nitrogens with zero attached hydrogens (tertiary/aromatic N) is 2. The van der Waals surface area contributed by atoms with E-state index in [1.807, 2.05) is 36.4 Å². The Bertz CT molecular complexity index is 950. The van der Waals surface area contributed by atoms with Gasteiger partial charge in [-0.05, 0) is 36.4 Å². The first-order valence-electron chi connectivity index (χ1n) is 6.92. The van der Waals surface area contributed by atoms with Crippen LogP contribution in [0.3, 0.4) is 0 Å². The van der Waals surface area contributed by atoms with Crippen LogP contribution in [0.4, 0.5) is 5.82 Å². The van der Waals surface area contributed by atoms with Crippen molar-refractivity contribution < 1.29 is 5.21 Å². The molecule has 0 radical (unpaired) electrons. The topological polar surface area (TPSA) is 97.5 Å². The molecule has 0 aliphatic rings. The lowest BCUT2D eigenvalue weighted by Crippen LogP contribution is -2.12. The molecule has 0 unspecified atom stereocenters. The molecule has 0 saturated heterocycles. The summed E-state index contributed by atoms with van der Waals surface area (Å²) in [7, 11) is 0. The van der Waals surface area contributed by atoms with E-state index in [-0.39, 0.29) is 5.84 Å². The first-order valence-corrected chi connectivity index (χ1v) is 6.92. The van der Waals surface area contributed by atoms with Gasteiger partial charge in [0.05, 0.1) is 5.52 Å². The zero-order valence-corrected chi connectivity index (χ0v) is 12.2. The average Bonchev–Trinajstić information content (AvgIpc) is 2.59. The number of amidine groups is 1. The van der Waals surface area contributed by atoms with E-state index in [1.54, 1.807) is 18.2 Å². The van der Waals surface area contributed by atoms with Crippen molar-refractivity contribution in [3.63, 3.8) is 0 Å². The van der Waals surface area contributed by atoms with Crippen molar-refractivity contribution in [1.29, 1.82) is 0 Å². The summed E-state index contributed by atoms with van der Waals surface area (Å²) in [6.45, 7) is 0. The van der Waals surface area contributed by atoms with Crippen LogP contribution >= 0.6 is 0 Å². The molecule has 0 aliphatic heterocycles. The number of pyridine rings is 1. The molecule has 0 atom stereocenters. The lowest BCUT2D eigenvalue weighted by Gasteiger charge is -2.02. The molecule has 0 fully saturated rings. The van der Waals surface area contributed by atoms with Crippen LogP contribution < -0.4 is 11.5 Å². The summed E-state index contributed by atoms with van der Waals surface area (Å²) in [4.78, 5) is 4.29. The molecule has 0 saturated carbocycles. The first kappa shape index (κ1) is 14.4. The Hall–Kier alpha value is -3.52. The van der Waals surface area contributed by atoms with Crippen molar-refractivity contribution >= 4 is 22.6 Å². The Kier molecular flexibility index (Phi) is 3.81. The number of rotatable bonds is 1. The number of para-hydroxylation sites is 1. The number of benzene rings is 2. The maximum absolute atomic E-state index is 8.65. The van der Waals surface area contributed by atoms with E-state index in [4.69, 9.17) is 16.7 Å². The van der Waals surface area contributed by atoms with E-state index in [0.717, 1.165) is 22.0 Å². The first-order chi connectivity index (χ1) is 11.2. The molecule has 3 aromatic rings. The summed E-state index contributed by atoms with van der Waals surface area (Å²) in [6, 6.07) is 16.6. The molecule has 23 heavy (non-hydrogen) atoms. The molecule has 5 heteroatoms. The highest BCUT2D eigenvalue weighted by atomic mass is 16.4. The van der Waals surface area contributed by atoms with Gasteiger partial charge in [-0.3, -0.25) is 0 Å². The molecule has 0 amide bonds. The van der Waals surface area contributed by atoms with Gasteiger partial charge in [0.2, 0.25) is 0 Å². The van der Waals surface area contributed by atoms with Crippen LogP contribution in [0.2, 0.25) is 0 Å². The van der Waals surface area contributed by atoms with Gasteiger partial charge in [-0.1, -0.05) is 35.2 Å². The van der Waals surface area contributed by atoms with Gasteiger partial charge in [0.1, 0.15) is 5.82 Å². The number of hydrogen-bond donors (Lipinski definition) is 3. The Balaban J connectivity index is 1.99. The van der Waals surface area contributed by atoms with E-state index in [9.17, 15) is 0 Å². The summed E-state index contributed by atoms with van der Waals surface area (Å²) >= 11 is 0. The fraction of sp³-hybridized carbons (Fsp3) is 0. The van der Waals surface area contributed by atoms with Crippen molar-refractivity contribution in [2.24, 2.45) is 10.9 Å². The molecule has 0 spiro atoms. The molecule has 0 aliphatic carbocycles. The van der Waals surface area contributed by atoms with Crippen LogP contribution in [-0.2, 0) is 0 Å². The minimum absolute atomic E-state index is 0.0670. The van der Waals surface area contributed by atoms with E-state index < -0.39 is 0 Å². The second kappa shape index (κ2) is 6.08. The second-order valence-electron chi connectivity index (χ2n) is 4.92. The predicted octanol–water partition coefficient (Wildman–Crippen LogP) is 2.31. The van der Waals surface area contributed by atoms with Gasteiger partial charge < -0.3 is 16.7 Å². The van der Waals surface area contributed by atoms with E-state index in [1.165, 1.54) is 0 Å². The largest absolute Gasteiger partial charge is 0.409 e. The minimum Gasteiger partial charge on any atom is -0.409 e. The monoisotopic (exact) mass is 302 g/mol. The molecule has 5 nitrogen and oxygen atoms in total. The van der Waals surface area contributed by atoms with Gasteiger partial charge in [0.15, 0.2) is 5.84 Å². The van der Waals surface area contributed by atoms with Crippen LogP contribution in [0.1, 0.15) is 16.7 Å². The molecule has 2 aromatic carbocycles. The van der Waals surface area contributed by atoms with E-state index in [2.05, 4.69) is 22.0 Å². The quantitative estimate of drug-likeness (QED) is 0.211. The van der Waals surface area contributed by atoms with Crippen LogP contribution in [0.15, 0.2) is 59.8 Å². The summed E-state index contributed by atoms with van der Waals surface area (Å²) in [5, 5.41) is 12.6. The van der Waals surface area contributed by atoms with Crippen LogP contribution in [0.25, 0.3) is 10.9 Å². The average molecular weight is 302 g/mol. The summed E-state index contributed by atoms with van der Waals surface area (Å²) in [6.07, 6.45) is 0. The number of anilines is 1. The summed E-state index contributed by atoms with van der Waals surface area (Å²) in [5.74, 6) is 6.72.